The summed E-state index contributed by atoms with van der Waals surface area (Å²) in [6, 6.07) is -1.82. The van der Waals surface area contributed by atoms with Gasteiger partial charge in [0, 0.05) is 35.2 Å². The van der Waals surface area contributed by atoms with Crippen LogP contribution in [0.4, 0.5) is 18.9 Å². The molecule has 2 heterocycles. The van der Waals surface area contributed by atoms with Gasteiger partial charge >= 0.3 is 6.36 Å². The van der Waals surface area contributed by atoms with Crippen LogP contribution in [0.15, 0.2) is 22.7 Å². The van der Waals surface area contributed by atoms with Gasteiger partial charge in [-0.3, -0.25) is 19.3 Å². The Morgan fingerprint density at radius 2 is 1.93 bits per heavy atom. The number of amides is 1. The number of fused-ring (bicyclic) bond motifs is 6. The molecule has 1 aromatic carbocycles. The molecule has 3 aliphatic carbocycles. The molecule has 8 N–H and O–H groups in total. The largest absolute Gasteiger partial charge is 0.573 e. The smallest absolute Gasteiger partial charge is 0.510 e. The summed E-state index contributed by atoms with van der Waals surface area (Å²) in [6.45, 7) is 0.906. The number of benzene rings is 1. The molecule has 12 nitrogen and oxygen atoms in total. The standard InChI is InChI=1S/C27H29F3N4O8/c1-32-16-11-6-9-5-10-13(19(35)12(9)23(38)26(11,41)24(39)15(21(16)37)25(31)40)20(36)17-14(22(10)42-27(28,29)30)18-8(7-33-17)3-4-34(18)2/h8-9,11,16,18,32-33,36-38,41H,3-7H2,1-2H3,(H2,31,40)/t8?,9-,11-,16-,18?,26-/m0/s1. The van der Waals surface area contributed by atoms with Gasteiger partial charge in [-0.05, 0) is 51.7 Å². The zero-order chi connectivity index (χ0) is 30.6. The van der Waals surface area contributed by atoms with Crippen LogP contribution in [0.25, 0.3) is 0 Å². The molecule has 0 aromatic heterocycles. The summed E-state index contributed by atoms with van der Waals surface area (Å²) in [5.41, 5.74) is 0.166. The maximum absolute atomic E-state index is 14.0. The second kappa shape index (κ2) is 9.09. The molecule has 0 spiro atoms. The number of hydrogen-bond donors (Lipinski definition) is 7. The van der Waals surface area contributed by atoms with Gasteiger partial charge in [0.1, 0.15) is 22.8 Å². The number of hydrogen-bond acceptors (Lipinski definition) is 11. The maximum atomic E-state index is 14.0. The second-order valence-corrected chi connectivity index (χ2v) is 11.5. The molecule has 0 saturated carbocycles. The Morgan fingerprint density at radius 1 is 1.24 bits per heavy atom. The molecule has 5 aliphatic rings. The number of phenolic OH excluding ortho intramolecular Hbond substituents is 1. The van der Waals surface area contributed by atoms with E-state index in [9.17, 15) is 48.0 Å². The lowest BCUT2D eigenvalue weighted by atomic mass is 9.58. The summed E-state index contributed by atoms with van der Waals surface area (Å²) >= 11 is 0. The fraction of sp³-hybridized carbons (Fsp3) is 0.519. The number of halogens is 3. The molecule has 15 heteroatoms. The number of nitrogens with two attached hydrogens (primary N) is 1. The van der Waals surface area contributed by atoms with Crippen LogP contribution in [-0.4, -0.2) is 88.0 Å². The van der Waals surface area contributed by atoms with E-state index in [4.69, 9.17) is 5.73 Å². The molecule has 6 atom stereocenters. The predicted octanol–water partition coefficient (Wildman–Crippen LogP) is 1.10. The topological polar surface area (TPSA) is 195 Å². The lowest BCUT2D eigenvalue weighted by molar-refractivity contribution is -0.275. The van der Waals surface area contributed by atoms with Gasteiger partial charge in [0.2, 0.25) is 5.78 Å². The number of allylic oxidation sites excluding steroid dienone is 1. The number of likely N-dealkylation sites (tertiary alicyclic amines) is 1. The van der Waals surface area contributed by atoms with E-state index in [-0.39, 0.29) is 35.6 Å². The number of ketones is 2. The fourth-order valence-electron chi connectivity index (χ4n) is 7.76. The fourth-order valence-corrected chi connectivity index (χ4v) is 7.76. The van der Waals surface area contributed by atoms with E-state index in [0.717, 1.165) is 0 Å². The van der Waals surface area contributed by atoms with Crippen LogP contribution >= 0.6 is 0 Å². The van der Waals surface area contributed by atoms with Gasteiger partial charge < -0.3 is 41.5 Å². The number of primary amides is 1. The first-order chi connectivity index (χ1) is 19.6. The molecule has 1 amide bonds. The normalized spacial score (nSPS) is 32.5. The van der Waals surface area contributed by atoms with Gasteiger partial charge in [-0.25, -0.2) is 0 Å². The van der Waals surface area contributed by atoms with Crippen molar-refractivity contribution in [2.45, 2.75) is 43.3 Å². The van der Waals surface area contributed by atoms with Crippen molar-refractivity contribution in [1.29, 1.82) is 0 Å². The molecule has 2 unspecified atom stereocenters. The van der Waals surface area contributed by atoms with E-state index >= 15 is 0 Å². The van der Waals surface area contributed by atoms with E-state index < -0.39 is 93.1 Å². The van der Waals surface area contributed by atoms with Crippen LogP contribution in [0.2, 0.25) is 0 Å². The minimum absolute atomic E-state index is 0.0733. The highest BCUT2D eigenvalue weighted by molar-refractivity contribution is 6.25. The summed E-state index contributed by atoms with van der Waals surface area (Å²) < 4.78 is 46.2. The number of alkyl halides is 3. The number of nitrogens with one attached hydrogen (secondary N) is 2. The van der Waals surface area contributed by atoms with Crippen molar-refractivity contribution in [1.82, 2.24) is 10.2 Å². The summed E-state index contributed by atoms with van der Waals surface area (Å²) in [5, 5.41) is 50.6. The molecule has 6 rings (SSSR count). The zero-order valence-electron chi connectivity index (χ0n) is 22.5. The first-order valence-electron chi connectivity index (χ1n) is 13.4. The number of carbonyl (C=O) groups excluding carboxylic acids is 3. The number of Topliss-reactive ketones (excluding diaryl/α,β-unsaturated/α-hetero) is 2. The van der Waals surface area contributed by atoms with Gasteiger partial charge in [0.05, 0.1) is 17.3 Å². The lowest BCUT2D eigenvalue weighted by Gasteiger charge is -2.48. The van der Waals surface area contributed by atoms with Gasteiger partial charge in [-0.15, -0.1) is 13.2 Å². The number of nitrogens with zero attached hydrogens (tertiary/aromatic N) is 1. The molecule has 0 bridgehead atoms. The van der Waals surface area contributed by atoms with Crippen molar-refractivity contribution in [3.63, 3.8) is 0 Å². The van der Waals surface area contributed by atoms with Crippen LogP contribution in [0.1, 0.15) is 40.4 Å². The van der Waals surface area contributed by atoms with Crippen LogP contribution in [-0.2, 0) is 16.0 Å². The quantitative estimate of drug-likeness (QED) is 0.196. The number of rotatable bonds is 3. The summed E-state index contributed by atoms with van der Waals surface area (Å²) in [7, 11) is 3.10. The Labute approximate surface area is 236 Å². The number of aromatic hydroxyl groups is 1. The first kappa shape index (κ1) is 28.3. The average Bonchev–Trinajstić information content (AvgIpc) is 3.28. The van der Waals surface area contributed by atoms with E-state index in [2.05, 4.69) is 15.4 Å². The molecule has 2 aliphatic heterocycles. The molecule has 42 heavy (non-hydrogen) atoms. The number of phenols is 1. The maximum Gasteiger partial charge on any atom is 0.573 e. The van der Waals surface area contributed by atoms with Gasteiger partial charge in [0.15, 0.2) is 17.1 Å². The molecule has 1 fully saturated rings. The van der Waals surface area contributed by atoms with Crippen LogP contribution in [0, 0.1) is 17.8 Å². The minimum Gasteiger partial charge on any atom is -0.510 e. The number of likely N-dealkylation sites (N-methyl/N-ethyl adjacent to an activating group) is 1. The molecular weight excluding hydrogens is 565 g/mol. The highest BCUT2D eigenvalue weighted by Crippen LogP contribution is 2.58. The third kappa shape index (κ3) is 3.62. The number of ether oxygens (including phenoxy) is 1. The molecule has 1 saturated heterocycles. The summed E-state index contributed by atoms with van der Waals surface area (Å²) in [5.74, 6) is -9.50. The Kier molecular flexibility index (Phi) is 6.12. The number of aliphatic hydroxyl groups excluding tert-OH is 2. The first-order valence-corrected chi connectivity index (χ1v) is 13.4. The van der Waals surface area contributed by atoms with Crippen molar-refractivity contribution in [3.8, 4) is 11.5 Å². The van der Waals surface area contributed by atoms with Crippen molar-refractivity contribution < 1.29 is 52.7 Å². The highest BCUT2D eigenvalue weighted by Gasteiger charge is 2.63. The Hall–Kier alpha value is -3.82. The van der Waals surface area contributed by atoms with E-state index in [1.165, 1.54) is 7.05 Å². The van der Waals surface area contributed by atoms with Gasteiger partial charge in [-0.1, -0.05) is 0 Å². The van der Waals surface area contributed by atoms with Crippen molar-refractivity contribution in [3.05, 3.63) is 39.4 Å². The lowest BCUT2D eigenvalue weighted by Crippen LogP contribution is -2.63. The number of anilines is 1. The van der Waals surface area contributed by atoms with Gasteiger partial charge in [-0.2, -0.15) is 0 Å². The number of aliphatic hydroxyl groups is 3. The molecule has 226 valence electrons. The SMILES string of the molecule is CN[C@@H]1C(O)=C(C(N)=O)C(=O)[C@@]2(O)C(O)=C3C(=O)c4c(O)c5c(c(OC(F)(F)F)c4C[C@H]3C[C@@H]12)C1C(CCN1C)CN5. The average molecular weight is 595 g/mol. The van der Waals surface area contributed by atoms with Crippen molar-refractivity contribution in [2.75, 3.05) is 32.5 Å². The summed E-state index contributed by atoms with van der Waals surface area (Å²) in [4.78, 5) is 41.2. The third-order valence-electron chi connectivity index (χ3n) is 9.50. The second-order valence-electron chi connectivity index (χ2n) is 11.5. The Morgan fingerprint density at radius 3 is 2.55 bits per heavy atom. The van der Waals surface area contributed by atoms with E-state index in [1.54, 1.807) is 7.05 Å². The number of carbonyl (C=O) groups is 3. The van der Waals surface area contributed by atoms with Gasteiger partial charge in [0.25, 0.3) is 5.91 Å². The monoisotopic (exact) mass is 594 g/mol. The highest BCUT2D eigenvalue weighted by atomic mass is 19.4. The Balaban J connectivity index is 1.59. The van der Waals surface area contributed by atoms with E-state index in [0.29, 0.717) is 19.5 Å². The van der Waals surface area contributed by atoms with E-state index in [1.807, 2.05) is 4.90 Å². The molecule has 1 aromatic rings. The third-order valence-corrected chi connectivity index (χ3v) is 9.50. The van der Waals surface area contributed by atoms with Crippen LogP contribution in [0.3, 0.4) is 0 Å². The van der Waals surface area contributed by atoms with Crippen molar-refractivity contribution >= 4 is 23.2 Å². The summed E-state index contributed by atoms with van der Waals surface area (Å²) in [6.07, 6.45) is -5.07. The Bertz CT molecular complexity index is 1520. The zero-order valence-corrected chi connectivity index (χ0v) is 22.5. The predicted molar refractivity (Wildman–Crippen MR) is 138 cm³/mol. The molecular formula is C27H29F3N4O8. The van der Waals surface area contributed by atoms with Crippen LogP contribution < -0.4 is 21.1 Å². The minimum atomic E-state index is -5.15. The van der Waals surface area contributed by atoms with Crippen molar-refractivity contribution in [2.24, 2.45) is 23.5 Å². The van der Waals surface area contributed by atoms with Crippen LogP contribution in [0.5, 0.6) is 11.5 Å². The molecule has 0 radical (unpaired) electrons.